The van der Waals surface area contributed by atoms with Crippen molar-refractivity contribution < 1.29 is 19.1 Å². The number of carbonyl (C=O) groups is 2. The molecule has 0 spiro atoms. The Hall–Kier alpha value is -3.48. The number of allylic oxidation sites excluding steroid dienone is 1. The van der Waals surface area contributed by atoms with E-state index in [4.69, 9.17) is 9.47 Å². The molecule has 0 saturated carbocycles. The maximum Gasteiger partial charge on any atom is 0.319 e. The Morgan fingerprint density at radius 2 is 1.76 bits per heavy atom. The number of carbonyl (C=O) groups excluding carboxylic acids is 2. The fraction of sp³-hybridized carbons (Fsp3) is 0.273. The molecule has 29 heavy (non-hydrogen) atoms. The van der Waals surface area contributed by atoms with Crippen molar-refractivity contribution in [3.8, 4) is 11.5 Å². The number of benzene rings is 2. The fourth-order valence-electron chi connectivity index (χ4n) is 3.44. The minimum absolute atomic E-state index is 0.307. The summed E-state index contributed by atoms with van der Waals surface area (Å²) in [5.74, 6) is 0.676. The second-order valence-corrected chi connectivity index (χ2v) is 6.85. The van der Waals surface area contributed by atoms with E-state index in [9.17, 15) is 9.59 Å². The number of ether oxygens (including phenoxy) is 2. The van der Waals surface area contributed by atoms with Crippen LogP contribution in [-0.2, 0) is 4.79 Å². The van der Waals surface area contributed by atoms with Crippen molar-refractivity contribution >= 4 is 17.6 Å². The third kappa shape index (κ3) is 3.89. The number of aryl methyl sites for hydroxylation is 1. The average Bonchev–Trinajstić information content (AvgIpc) is 2.69. The topological polar surface area (TPSA) is 88.7 Å². The van der Waals surface area contributed by atoms with E-state index in [1.165, 1.54) is 14.2 Å². The molecule has 2 aromatic carbocycles. The Kier molecular flexibility index (Phi) is 5.77. The molecule has 3 amide bonds. The van der Waals surface area contributed by atoms with Crippen molar-refractivity contribution in [3.63, 3.8) is 0 Å². The zero-order valence-corrected chi connectivity index (χ0v) is 17.2. The summed E-state index contributed by atoms with van der Waals surface area (Å²) >= 11 is 0. The Morgan fingerprint density at radius 1 is 1.03 bits per heavy atom. The minimum atomic E-state index is -0.695. The predicted molar refractivity (Wildman–Crippen MR) is 111 cm³/mol. The summed E-state index contributed by atoms with van der Waals surface area (Å²) in [5.41, 5.74) is 4.30. The van der Waals surface area contributed by atoms with Crippen LogP contribution in [0.1, 0.15) is 29.7 Å². The number of rotatable bonds is 5. The Bertz CT molecular complexity index is 998. The van der Waals surface area contributed by atoms with Crippen LogP contribution in [0.25, 0.3) is 0 Å². The van der Waals surface area contributed by atoms with Gasteiger partial charge in [-0.2, -0.15) is 0 Å². The molecule has 7 nitrogen and oxygen atoms in total. The summed E-state index contributed by atoms with van der Waals surface area (Å²) < 4.78 is 10.9. The number of methoxy groups -OCH3 is 2. The first-order valence-corrected chi connectivity index (χ1v) is 9.24. The Labute approximate surface area is 170 Å². The quantitative estimate of drug-likeness (QED) is 0.722. The van der Waals surface area contributed by atoms with Crippen LogP contribution in [0.5, 0.6) is 11.5 Å². The standard InChI is InChI=1S/C22H25N3O4/c1-12-8-6-10-16(13(12)2)24-21(26)18-14(3)23-22(27)25-19(18)15-9-7-11-17(28-4)20(15)29-5/h6-11,19H,1-5H3,(H,24,26)(H2,23,25,27). The lowest BCUT2D eigenvalue weighted by molar-refractivity contribution is -0.113. The van der Waals surface area contributed by atoms with Crippen molar-refractivity contribution in [2.24, 2.45) is 0 Å². The molecule has 7 heteroatoms. The molecule has 1 heterocycles. The maximum absolute atomic E-state index is 13.3. The number of hydrogen-bond donors (Lipinski definition) is 3. The van der Waals surface area contributed by atoms with Crippen molar-refractivity contribution in [1.29, 1.82) is 0 Å². The SMILES string of the molecule is COc1cccc(C2NC(=O)NC(C)=C2C(=O)Nc2cccc(C)c2C)c1OC. The highest BCUT2D eigenvalue weighted by atomic mass is 16.5. The zero-order valence-electron chi connectivity index (χ0n) is 17.2. The lowest BCUT2D eigenvalue weighted by Gasteiger charge is -2.30. The van der Waals surface area contributed by atoms with E-state index in [0.717, 1.165) is 16.8 Å². The number of urea groups is 1. The third-order valence-corrected chi connectivity index (χ3v) is 5.11. The highest BCUT2D eigenvalue weighted by molar-refractivity contribution is 6.07. The van der Waals surface area contributed by atoms with Crippen LogP contribution >= 0.6 is 0 Å². The van der Waals surface area contributed by atoms with Gasteiger partial charge >= 0.3 is 6.03 Å². The van der Waals surface area contributed by atoms with Crippen LogP contribution in [0.2, 0.25) is 0 Å². The van der Waals surface area contributed by atoms with Crippen LogP contribution in [0.3, 0.4) is 0 Å². The molecule has 3 N–H and O–H groups in total. The Balaban J connectivity index is 2.05. The van der Waals surface area contributed by atoms with Gasteiger partial charge < -0.3 is 25.4 Å². The van der Waals surface area contributed by atoms with E-state index in [0.29, 0.717) is 28.3 Å². The lowest BCUT2D eigenvalue weighted by Crippen LogP contribution is -2.46. The van der Waals surface area contributed by atoms with Gasteiger partial charge in [0.15, 0.2) is 11.5 Å². The van der Waals surface area contributed by atoms with Gasteiger partial charge in [-0.15, -0.1) is 0 Å². The van der Waals surface area contributed by atoms with Gasteiger partial charge in [0.05, 0.1) is 25.8 Å². The summed E-state index contributed by atoms with van der Waals surface area (Å²) in [6.45, 7) is 5.65. The molecule has 0 aliphatic carbocycles. The minimum Gasteiger partial charge on any atom is -0.493 e. The Morgan fingerprint density at radius 3 is 2.45 bits per heavy atom. The van der Waals surface area contributed by atoms with E-state index in [-0.39, 0.29) is 11.9 Å². The van der Waals surface area contributed by atoms with E-state index >= 15 is 0 Å². The lowest BCUT2D eigenvalue weighted by atomic mass is 9.93. The van der Waals surface area contributed by atoms with E-state index in [1.807, 2.05) is 32.0 Å². The summed E-state index contributed by atoms with van der Waals surface area (Å²) in [6, 6.07) is 10.0. The number of amides is 3. The molecular weight excluding hydrogens is 370 g/mol. The monoisotopic (exact) mass is 395 g/mol. The van der Waals surface area contributed by atoms with Crippen molar-refractivity contribution in [2.45, 2.75) is 26.8 Å². The number of nitrogens with one attached hydrogen (secondary N) is 3. The summed E-state index contributed by atoms with van der Waals surface area (Å²) in [7, 11) is 3.06. The van der Waals surface area contributed by atoms with Crippen LogP contribution in [0.15, 0.2) is 47.7 Å². The van der Waals surface area contributed by atoms with Gasteiger partial charge in [-0.1, -0.05) is 24.3 Å². The molecule has 1 aliphatic rings. The highest BCUT2D eigenvalue weighted by Crippen LogP contribution is 2.39. The molecule has 0 aromatic heterocycles. The molecular formula is C22H25N3O4. The molecule has 0 bridgehead atoms. The molecule has 0 fully saturated rings. The normalized spacial score (nSPS) is 16.0. The van der Waals surface area contributed by atoms with Gasteiger partial charge in [-0.25, -0.2) is 4.79 Å². The van der Waals surface area contributed by atoms with Gasteiger partial charge in [0, 0.05) is 16.9 Å². The van der Waals surface area contributed by atoms with Gasteiger partial charge in [0.2, 0.25) is 0 Å². The van der Waals surface area contributed by atoms with Gasteiger partial charge in [-0.3, -0.25) is 4.79 Å². The second-order valence-electron chi connectivity index (χ2n) is 6.85. The zero-order chi connectivity index (χ0) is 21.1. The largest absolute Gasteiger partial charge is 0.493 e. The van der Waals surface area contributed by atoms with E-state index in [2.05, 4.69) is 16.0 Å². The molecule has 152 valence electrons. The van der Waals surface area contributed by atoms with Gasteiger partial charge in [0.1, 0.15) is 0 Å². The van der Waals surface area contributed by atoms with E-state index in [1.54, 1.807) is 25.1 Å². The van der Waals surface area contributed by atoms with Crippen LogP contribution in [-0.4, -0.2) is 26.2 Å². The van der Waals surface area contributed by atoms with Crippen molar-refractivity contribution in [1.82, 2.24) is 10.6 Å². The van der Waals surface area contributed by atoms with Gasteiger partial charge in [0.25, 0.3) is 5.91 Å². The second kappa shape index (κ2) is 8.26. The third-order valence-electron chi connectivity index (χ3n) is 5.11. The van der Waals surface area contributed by atoms with E-state index < -0.39 is 6.04 Å². The molecule has 1 atom stereocenters. The molecule has 1 aliphatic heterocycles. The predicted octanol–water partition coefficient (Wildman–Crippen LogP) is 3.59. The highest BCUT2D eigenvalue weighted by Gasteiger charge is 2.34. The molecule has 1 unspecified atom stereocenters. The first kappa shape index (κ1) is 20.3. The number of anilines is 1. The maximum atomic E-state index is 13.3. The van der Waals surface area contributed by atoms with Crippen molar-refractivity contribution in [3.05, 3.63) is 64.4 Å². The molecule has 0 radical (unpaired) electrons. The van der Waals surface area contributed by atoms with Crippen LogP contribution < -0.4 is 25.4 Å². The smallest absolute Gasteiger partial charge is 0.319 e. The first-order valence-electron chi connectivity index (χ1n) is 9.24. The average molecular weight is 395 g/mol. The summed E-state index contributed by atoms with van der Waals surface area (Å²) in [5, 5.41) is 8.48. The molecule has 0 saturated heterocycles. The fourth-order valence-corrected chi connectivity index (χ4v) is 3.44. The summed E-state index contributed by atoms with van der Waals surface area (Å²) in [6.07, 6.45) is 0. The first-order chi connectivity index (χ1) is 13.9. The van der Waals surface area contributed by atoms with Crippen LogP contribution in [0, 0.1) is 13.8 Å². The summed E-state index contributed by atoms with van der Waals surface area (Å²) in [4.78, 5) is 25.4. The molecule has 2 aromatic rings. The number of hydrogen-bond acceptors (Lipinski definition) is 4. The molecule has 3 rings (SSSR count). The van der Waals surface area contributed by atoms with Gasteiger partial charge in [-0.05, 0) is 44.0 Å². The van der Waals surface area contributed by atoms with Crippen molar-refractivity contribution in [2.75, 3.05) is 19.5 Å². The number of para-hydroxylation sites is 1. The van der Waals surface area contributed by atoms with Crippen LogP contribution in [0.4, 0.5) is 10.5 Å².